The average Bonchev–Trinajstić information content (AvgIpc) is 2.71. The van der Waals surface area contributed by atoms with Crippen LogP contribution in [0, 0.1) is 0 Å². The van der Waals surface area contributed by atoms with Gasteiger partial charge in [0.1, 0.15) is 4.90 Å². The fraction of sp³-hybridized carbons (Fsp3) is 0.455. The summed E-state index contributed by atoms with van der Waals surface area (Å²) >= 11 is 0. The van der Waals surface area contributed by atoms with Gasteiger partial charge in [-0.25, -0.2) is 13.1 Å². The van der Waals surface area contributed by atoms with Crippen LogP contribution in [0.4, 0.5) is 5.69 Å². The topological polar surface area (TPSA) is 49.4 Å². The fourth-order valence-corrected chi connectivity index (χ4v) is 3.86. The van der Waals surface area contributed by atoms with Gasteiger partial charge in [-0.05, 0) is 25.0 Å². The van der Waals surface area contributed by atoms with E-state index in [0.29, 0.717) is 17.5 Å². The van der Waals surface area contributed by atoms with E-state index in [0.717, 1.165) is 25.1 Å². The maximum Gasteiger partial charge on any atom is 0.242 e. The molecule has 0 aliphatic carbocycles. The van der Waals surface area contributed by atoms with E-state index in [1.807, 2.05) is 12.1 Å². The van der Waals surface area contributed by atoms with Crippen molar-refractivity contribution in [1.29, 1.82) is 0 Å². The van der Waals surface area contributed by atoms with Crippen LogP contribution in [-0.2, 0) is 10.0 Å². The molecule has 2 aliphatic heterocycles. The summed E-state index contributed by atoms with van der Waals surface area (Å²) in [6, 6.07) is 7.57. The number of nitrogens with zero attached hydrogens (tertiary/aromatic N) is 1. The van der Waals surface area contributed by atoms with Crippen LogP contribution in [0.15, 0.2) is 29.2 Å². The Morgan fingerprint density at radius 3 is 3.00 bits per heavy atom. The van der Waals surface area contributed by atoms with Crippen molar-refractivity contribution in [2.75, 3.05) is 18.0 Å². The zero-order chi connectivity index (χ0) is 11.2. The minimum absolute atomic E-state index is 0.318. The maximum absolute atomic E-state index is 12.0. The molecule has 0 amide bonds. The molecule has 86 valence electrons. The molecule has 4 nitrogen and oxygen atoms in total. The van der Waals surface area contributed by atoms with Crippen LogP contribution in [0.3, 0.4) is 0 Å². The van der Waals surface area contributed by atoms with Crippen LogP contribution in [-0.4, -0.2) is 27.5 Å². The van der Waals surface area contributed by atoms with Crippen molar-refractivity contribution < 1.29 is 8.42 Å². The van der Waals surface area contributed by atoms with Crippen LogP contribution < -0.4 is 9.62 Å². The van der Waals surface area contributed by atoms with Gasteiger partial charge < -0.3 is 4.90 Å². The number of para-hydroxylation sites is 1. The second kappa shape index (κ2) is 3.46. The van der Waals surface area contributed by atoms with E-state index in [-0.39, 0.29) is 0 Å². The zero-order valence-electron chi connectivity index (χ0n) is 8.89. The lowest BCUT2D eigenvalue weighted by Gasteiger charge is -2.24. The molecule has 3 rings (SSSR count). The Kier molecular flexibility index (Phi) is 2.19. The Balaban J connectivity index is 2.20. The van der Waals surface area contributed by atoms with Gasteiger partial charge in [-0.3, -0.25) is 0 Å². The Bertz CT molecular complexity index is 512. The second-order valence-corrected chi connectivity index (χ2v) is 6.04. The van der Waals surface area contributed by atoms with E-state index in [4.69, 9.17) is 0 Å². The number of nitrogens with one attached hydrogen (secondary N) is 1. The first kappa shape index (κ1) is 10.1. The van der Waals surface area contributed by atoms with Crippen LogP contribution >= 0.6 is 0 Å². The van der Waals surface area contributed by atoms with Crippen molar-refractivity contribution in [3.63, 3.8) is 0 Å². The lowest BCUT2D eigenvalue weighted by atomic mass is 10.2. The fourth-order valence-electron chi connectivity index (χ4n) is 2.57. The summed E-state index contributed by atoms with van der Waals surface area (Å²) in [5, 5.41) is 0. The molecule has 1 unspecified atom stereocenters. The Morgan fingerprint density at radius 2 is 2.12 bits per heavy atom. The first-order chi connectivity index (χ1) is 7.68. The highest BCUT2D eigenvalue weighted by Gasteiger charge is 2.33. The number of hydrogen-bond acceptors (Lipinski definition) is 3. The standard InChI is InChI=1S/C11H14N2O2S/c14-16(15)11-6-2-1-5-10(11)13-7-3-4-9(13)8-12-16/h1-2,5-6,9,12H,3-4,7-8H2. The van der Waals surface area contributed by atoms with Crippen molar-refractivity contribution in [2.24, 2.45) is 0 Å². The summed E-state index contributed by atoms with van der Waals surface area (Å²) in [5.74, 6) is 0. The van der Waals surface area contributed by atoms with E-state index in [1.54, 1.807) is 12.1 Å². The van der Waals surface area contributed by atoms with Crippen molar-refractivity contribution in [1.82, 2.24) is 4.72 Å². The third-order valence-electron chi connectivity index (χ3n) is 3.35. The van der Waals surface area contributed by atoms with Gasteiger partial charge in [0.15, 0.2) is 0 Å². The molecule has 2 aliphatic rings. The smallest absolute Gasteiger partial charge is 0.242 e. The van der Waals surface area contributed by atoms with Crippen molar-refractivity contribution in [3.05, 3.63) is 24.3 Å². The first-order valence-corrected chi connectivity index (χ1v) is 7.02. The highest BCUT2D eigenvalue weighted by molar-refractivity contribution is 7.89. The van der Waals surface area contributed by atoms with Gasteiger partial charge in [0.2, 0.25) is 10.0 Å². The number of anilines is 1. The molecule has 1 aromatic rings. The minimum atomic E-state index is -3.31. The number of hydrogen-bond donors (Lipinski definition) is 1. The second-order valence-electron chi connectivity index (χ2n) is 4.31. The maximum atomic E-state index is 12.0. The zero-order valence-corrected chi connectivity index (χ0v) is 9.70. The average molecular weight is 238 g/mol. The van der Waals surface area contributed by atoms with Crippen LogP contribution in [0.5, 0.6) is 0 Å². The molecular weight excluding hydrogens is 224 g/mol. The SMILES string of the molecule is O=S1(=O)NCC2CCCN2c2ccccc21. The highest BCUT2D eigenvalue weighted by Crippen LogP contribution is 2.33. The molecule has 1 saturated heterocycles. The molecule has 5 heteroatoms. The molecule has 0 radical (unpaired) electrons. The van der Waals surface area contributed by atoms with E-state index in [1.165, 1.54) is 0 Å². The van der Waals surface area contributed by atoms with Crippen LogP contribution in [0.1, 0.15) is 12.8 Å². The predicted octanol–water partition coefficient (Wildman–Crippen LogP) is 0.947. The number of sulfonamides is 1. The summed E-state index contributed by atoms with van der Waals surface area (Å²) in [4.78, 5) is 2.63. The first-order valence-electron chi connectivity index (χ1n) is 5.54. The Labute approximate surface area is 95.3 Å². The summed E-state index contributed by atoms with van der Waals surface area (Å²) in [6.07, 6.45) is 2.21. The van der Waals surface area contributed by atoms with Crippen molar-refractivity contribution in [2.45, 2.75) is 23.8 Å². The molecule has 1 atom stereocenters. The Hall–Kier alpha value is -1.07. The highest BCUT2D eigenvalue weighted by atomic mass is 32.2. The van der Waals surface area contributed by atoms with Gasteiger partial charge in [-0.2, -0.15) is 0 Å². The van der Waals surface area contributed by atoms with Crippen LogP contribution in [0.2, 0.25) is 0 Å². The van der Waals surface area contributed by atoms with E-state index < -0.39 is 10.0 Å². The molecular formula is C11H14N2O2S. The normalized spacial score (nSPS) is 27.0. The van der Waals surface area contributed by atoms with Gasteiger partial charge in [0.25, 0.3) is 0 Å². The number of rotatable bonds is 0. The van der Waals surface area contributed by atoms with Gasteiger partial charge in [-0.1, -0.05) is 12.1 Å². The predicted molar refractivity (Wildman–Crippen MR) is 62.0 cm³/mol. The summed E-state index contributed by atoms with van der Waals surface area (Å²) in [6.45, 7) is 1.48. The van der Waals surface area contributed by atoms with Gasteiger partial charge in [-0.15, -0.1) is 0 Å². The van der Waals surface area contributed by atoms with E-state index in [2.05, 4.69) is 9.62 Å². The largest absolute Gasteiger partial charge is 0.366 e. The molecule has 0 saturated carbocycles. The third-order valence-corrected chi connectivity index (χ3v) is 4.82. The third kappa shape index (κ3) is 1.43. The lowest BCUT2D eigenvalue weighted by Crippen LogP contribution is -2.36. The molecule has 1 fully saturated rings. The molecule has 0 bridgehead atoms. The van der Waals surface area contributed by atoms with Crippen molar-refractivity contribution >= 4 is 15.7 Å². The molecule has 2 heterocycles. The number of fused-ring (bicyclic) bond motifs is 3. The quantitative estimate of drug-likeness (QED) is 0.732. The summed E-state index contributed by atoms with van der Waals surface area (Å²) in [5.41, 5.74) is 0.856. The molecule has 16 heavy (non-hydrogen) atoms. The monoisotopic (exact) mass is 238 g/mol. The van der Waals surface area contributed by atoms with E-state index in [9.17, 15) is 8.42 Å². The lowest BCUT2D eigenvalue weighted by molar-refractivity contribution is 0.575. The van der Waals surface area contributed by atoms with Crippen molar-refractivity contribution in [3.8, 4) is 0 Å². The Morgan fingerprint density at radius 1 is 1.31 bits per heavy atom. The van der Waals surface area contributed by atoms with Crippen LogP contribution in [0.25, 0.3) is 0 Å². The van der Waals surface area contributed by atoms with Gasteiger partial charge >= 0.3 is 0 Å². The summed E-state index contributed by atoms with van der Waals surface area (Å²) in [7, 11) is -3.31. The molecule has 0 aromatic heterocycles. The van der Waals surface area contributed by atoms with Gasteiger partial charge in [0.05, 0.1) is 5.69 Å². The molecule has 0 spiro atoms. The summed E-state index contributed by atoms with van der Waals surface area (Å²) < 4.78 is 26.7. The number of benzene rings is 1. The molecule has 1 aromatic carbocycles. The van der Waals surface area contributed by atoms with Gasteiger partial charge in [0, 0.05) is 19.1 Å². The minimum Gasteiger partial charge on any atom is -0.366 e. The molecule has 1 N–H and O–H groups in total. The van der Waals surface area contributed by atoms with E-state index >= 15 is 0 Å².